The largest absolute Gasteiger partial charge is 0.489 e. The second-order valence-electron chi connectivity index (χ2n) is 4.00. The summed E-state index contributed by atoms with van der Waals surface area (Å²) in [5.41, 5.74) is 1.82. The van der Waals surface area contributed by atoms with E-state index in [1.165, 1.54) is 0 Å². The van der Waals surface area contributed by atoms with E-state index >= 15 is 0 Å². The summed E-state index contributed by atoms with van der Waals surface area (Å²) in [6, 6.07) is 15.3. The molecule has 0 saturated heterocycles. The molecule has 0 aliphatic carbocycles. The summed E-state index contributed by atoms with van der Waals surface area (Å²) >= 11 is 5.98. The number of hydrogen-bond acceptors (Lipinski definition) is 2. The maximum Gasteiger partial charge on any atom is 0.134 e. The lowest BCUT2D eigenvalue weighted by molar-refractivity contribution is 0.306. The average molecular weight is 259 g/mol. The van der Waals surface area contributed by atoms with Crippen LogP contribution in [0, 0.1) is 0 Å². The van der Waals surface area contributed by atoms with Crippen LogP contribution in [0.2, 0.25) is 5.02 Å². The molecule has 18 heavy (non-hydrogen) atoms. The van der Waals surface area contributed by atoms with Gasteiger partial charge >= 0.3 is 0 Å². The summed E-state index contributed by atoms with van der Waals surface area (Å²) in [4.78, 5) is 0. The van der Waals surface area contributed by atoms with Gasteiger partial charge in [0.2, 0.25) is 0 Å². The lowest BCUT2D eigenvalue weighted by Gasteiger charge is -2.04. The van der Waals surface area contributed by atoms with E-state index in [0.717, 1.165) is 22.3 Å². The van der Waals surface area contributed by atoms with Gasteiger partial charge in [0.15, 0.2) is 0 Å². The zero-order chi connectivity index (χ0) is 12.4. The minimum atomic E-state index is 0.470. The molecule has 3 aromatic rings. The number of furan rings is 1. The summed E-state index contributed by atoms with van der Waals surface area (Å²) in [6.45, 7) is 0.470. The van der Waals surface area contributed by atoms with Crippen molar-refractivity contribution < 1.29 is 9.15 Å². The zero-order valence-electron chi connectivity index (χ0n) is 9.60. The predicted molar refractivity (Wildman–Crippen MR) is 72.0 cm³/mol. The molecule has 0 saturated carbocycles. The molecule has 2 aromatic carbocycles. The van der Waals surface area contributed by atoms with Gasteiger partial charge in [-0.2, -0.15) is 0 Å². The Balaban J connectivity index is 1.85. The lowest BCUT2D eigenvalue weighted by atomic mass is 10.2. The Hall–Kier alpha value is -1.93. The SMILES string of the molecule is Clc1ccc2occ(COc3ccccc3)c2c1. The van der Waals surface area contributed by atoms with Crippen molar-refractivity contribution in [3.05, 3.63) is 65.4 Å². The topological polar surface area (TPSA) is 22.4 Å². The summed E-state index contributed by atoms with van der Waals surface area (Å²) in [7, 11) is 0. The molecule has 0 amide bonds. The van der Waals surface area contributed by atoms with Crippen molar-refractivity contribution in [1.29, 1.82) is 0 Å². The van der Waals surface area contributed by atoms with Gasteiger partial charge in [0, 0.05) is 16.0 Å². The highest BCUT2D eigenvalue weighted by Crippen LogP contribution is 2.25. The van der Waals surface area contributed by atoms with Crippen molar-refractivity contribution in [3.63, 3.8) is 0 Å². The van der Waals surface area contributed by atoms with E-state index in [1.807, 2.05) is 48.5 Å². The van der Waals surface area contributed by atoms with Gasteiger partial charge in [0.1, 0.15) is 17.9 Å². The Morgan fingerprint density at radius 2 is 1.89 bits per heavy atom. The molecular weight excluding hydrogens is 248 g/mol. The quantitative estimate of drug-likeness (QED) is 0.681. The van der Waals surface area contributed by atoms with Gasteiger partial charge in [-0.15, -0.1) is 0 Å². The number of hydrogen-bond donors (Lipinski definition) is 0. The molecule has 3 rings (SSSR count). The van der Waals surface area contributed by atoms with E-state index in [0.29, 0.717) is 11.6 Å². The summed E-state index contributed by atoms with van der Waals surface area (Å²) in [5.74, 6) is 0.842. The van der Waals surface area contributed by atoms with E-state index in [1.54, 1.807) is 6.26 Å². The average Bonchev–Trinajstić information content (AvgIpc) is 2.80. The molecule has 0 unspecified atom stereocenters. The molecule has 90 valence electrons. The van der Waals surface area contributed by atoms with Crippen LogP contribution in [0.4, 0.5) is 0 Å². The molecule has 1 aromatic heterocycles. The van der Waals surface area contributed by atoms with Crippen LogP contribution in [0.5, 0.6) is 5.75 Å². The van der Waals surface area contributed by atoms with Crippen molar-refractivity contribution in [1.82, 2.24) is 0 Å². The number of rotatable bonds is 3. The minimum Gasteiger partial charge on any atom is -0.489 e. The Kier molecular flexibility index (Phi) is 2.95. The Bertz CT molecular complexity index is 659. The summed E-state index contributed by atoms with van der Waals surface area (Å²) in [6.07, 6.45) is 1.71. The van der Waals surface area contributed by atoms with Crippen LogP contribution in [0.1, 0.15) is 5.56 Å². The fraction of sp³-hybridized carbons (Fsp3) is 0.0667. The molecule has 2 nitrogen and oxygen atoms in total. The molecular formula is C15H11ClO2. The smallest absolute Gasteiger partial charge is 0.134 e. The number of ether oxygens (including phenoxy) is 1. The highest BCUT2D eigenvalue weighted by Gasteiger charge is 2.07. The van der Waals surface area contributed by atoms with Gasteiger partial charge in [-0.1, -0.05) is 29.8 Å². The number of para-hydroxylation sites is 1. The van der Waals surface area contributed by atoms with Crippen LogP contribution in [0.25, 0.3) is 11.0 Å². The first-order chi connectivity index (χ1) is 8.83. The minimum absolute atomic E-state index is 0.470. The lowest BCUT2D eigenvalue weighted by Crippen LogP contribution is -1.93. The molecule has 0 atom stereocenters. The second-order valence-corrected chi connectivity index (χ2v) is 4.44. The monoisotopic (exact) mass is 258 g/mol. The third-order valence-electron chi connectivity index (χ3n) is 2.75. The van der Waals surface area contributed by atoms with Gasteiger partial charge in [0.05, 0.1) is 6.26 Å². The van der Waals surface area contributed by atoms with Crippen molar-refractivity contribution in [2.75, 3.05) is 0 Å². The molecule has 0 bridgehead atoms. The molecule has 3 heteroatoms. The van der Waals surface area contributed by atoms with Gasteiger partial charge in [-0.05, 0) is 30.3 Å². The van der Waals surface area contributed by atoms with E-state index < -0.39 is 0 Å². The van der Waals surface area contributed by atoms with Crippen LogP contribution in [0.3, 0.4) is 0 Å². The normalized spacial score (nSPS) is 10.7. The Morgan fingerprint density at radius 1 is 1.06 bits per heavy atom. The van der Waals surface area contributed by atoms with Crippen molar-refractivity contribution >= 4 is 22.6 Å². The van der Waals surface area contributed by atoms with Crippen LogP contribution >= 0.6 is 11.6 Å². The highest BCUT2D eigenvalue weighted by atomic mass is 35.5. The van der Waals surface area contributed by atoms with Gasteiger partial charge in [-0.25, -0.2) is 0 Å². The van der Waals surface area contributed by atoms with E-state index in [2.05, 4.69) is 0 Å². The highest BCUT2D eigenvalue weighted by molar-refractivity contribution is 6.31. The Morgan fingerprint density at radius 3 is 2.72 bits per heavy atom. The fourth-order valence-electron chi connectivity index (χ4n) is 1.84. The maximum absolute atomic E-state index is 5.98. The van der Waals surface area contributed by atoms with Crippen molar-refractivity contribution in [2.45, 2.75) is 6.61 Å². The molecule has 0 aliphatic heterocycles. The number of benzene rings is 2. The van der Waals surface area contributed by atoms with E-state index in [4.69, 9.17) is 20.8 Å². The molecule has 0 fully saturated rings. The van der Waals surface area contributed by atoms with Gasteiger partial charge in [-0.3, -0.25) is 0 Å². The number of fused-ring (bicyclic) bond motifs is 1. The third kappa shape index (κ3) is 2.20. The molecule has 0 spiro atoms. The first-order valence-corrected chi connectivity index (χ1v) is 6.04. The third-order valence-corrected chi connectivity index (χ3v) is 2.99. The first kappa shape index (κ1) is 11.2. The summed E-state index contributed by atoms with van der Waals surface area (Å²) < 4.78 is 11.1. The number of halogens is 1. The van der Waals surface area contributed by atoms with Crippen molar-refractivity contribution in [3.8, 4) is 5.75 Å². The van der Waals surface area contributed by atoms with Gasteiger partial charge < -0.3 is 9.15 Å². The summed E-state index contributed by atoms with van der Waals surface area (Å²) in [5, 5.41) is 1.70. The molecule has 0 N–H and O–H groups in total. The maximum atomic E-state index is 5.98. The van der Waals surface area contributed by atoms with Crippen LogP contribution in [-0.4, -0.2) is 0 Å². The van der Waals surface area contributed by atoms with Crippen LogP contribution < -0.4 is 4.74 Å². The second kappa shape index (κ2) is 4.75. The van der Waals surface area contributed by atoms with Crippen molar-refractivity contribution in [2.24, 2.45) is 0 Å². The first-order valence-electron chi connectivity index (χ1n) is 5.66. The van der Waals surface area contributed by atoms with Crippen LogP contribution in [0.15, 0.2) is 59.2 Å². The molecule has 0 aliphatic rings. The molecule has 0 radical (unpaired) electrons. The van der Waals surface area contributed by atoms with Crippen LogP contribution in [-0.2, 0) is 6.61 Å². The van der Waals surface area contributed by atoms with Gasteiger partial charge in [0.25, 0.3) is 0 Å². The van der Waals surface area contributed by atoms with E-state index in [-0.39, 0.29) is 0 Å². The fourth-order valence-corrected chi connectivity index (χ4v) is 2.02. The molecule has 1 heterocycles. The standard InChI is InChI=1S/C15H11ClO2/c16-12-6-7-15-14(8-12)11(10-18-15)9-17-13-4-2-1-3-5-13/h1-8,10H,9H2. The Labute approximate surface area is 110 Å². The predicted octanol–water partition coefficient (Wildman–Crippen LogP) is 4.67. The zero-order valence-corrected chi connectivity index (χ0v) is 10.4. The van der Waals surface area contributed by atoms with E-state index in [9.17, 15) is 0 Å².